The Kier molecular flexibility index (Phi) is 14.7. The third-order valence-electron chi connectivity index (χ3n) is 4.48. The molecule has 0 saturated heterocycles. The molecular formula is C22H25N3Na2O7S3. The van der Waals surface area contributed by atoms with Crippen LogP contribution in [0.4, 0.5) is 11.4 Å². The molecule has 0 atom stereocenters. The van der Waals surface area contributed by atoms with Crippen LogP contribution < -0.4 is 75.1 Å². The van der Waals surface area contributed by atoms with E-state index in [0.717, 1.165) is 12.1 Å². The van der Waals surface area contributed by atoms with E-state index >= 15 is 0 Å². The average molecular weight is 586 g/mol. The van der Waals surface area contributed by atoms with Crippen LogP contribution in [-0.2, 0) is 25.0 Å². The molecule has 0 spiro atoms. The number of thiocarbonyl (C=S) groups is 1. The number of hydrogen-bond acceptors (Lipinski definition) is 8. The van der Waals surface area contributed by atoms with Crippen molar-refractivity contribution < 1.29 is 89.9 Å². The summed E-state index contributed by atoms with van der Waals surface area (Å²) in [4.78, 5) is 10.7. The minimum absolute atomic E-state index is 0. The number of benzene rings is 2. The van der Waals surface area contributed by atoms with Crippen LogP contribution in [0.3, 0.4) is 0 Å². The van der Waals surface area contributed by atoms with Crippen LogP contribution in [0.1, 0.15) is 38.8 Å². The summed E-state index contributed by atoms with van der Waals surface area (Å²) in [5, 5.41) is 8.44. The van der Waals surface area contributed by atoms with Gasteiger partial charge in [0.2, 0.25) is 5.91 Å². The van der Waals surface area contributed by atoms with E-state index in [1.165, 1.54) is 36.4 Å². The molecule has 2 aromatic rings. The van der Waals surface area contributed by atoms with Gasteiger partial charge < -0.3 is 25.1 Å². The number of anilines is 2. The van der Waals surface area contributed by atoms with Gasteiger partial charge in [0.05, 0.1) is 9.79 Å². The van der Waals surface area contributed by atoms with E-state index in [1.54, 1.807) is 13.8 Å². The smallest absolute Gasteiger partial charge is 0.744 e. The molecule has 0 heterocycles. The Morgan fingerprint density at radius 2 is 1.22 bits per heavy atom. The van der Waals surface area contributed by atoms with Crippen molar-refractivity contribution in [2.24, 2.45) is 5.92 Å². The number of nitrogens with one attached hydrogen (secondary N) is 3. The monoisotopic (exact) mass is 585 g/mol. The zero-order chi connectivity index (χ0) is 26.6. The zero-order valence-corrected chi connectivity index (χ0v) is 27.8. The maximum absolute atomic E-state index is 11.9. The minimum Gasteiger partial charge on any atom is -0.744 e. The quantitative estimate of drug-likeness (QED) is 0.125. The Bertz CT molecular complexity index is 1380. The fourth-order valence-corrected chi connectivity index (χ4v) is 4.57. The second-order valence-corrected chi connectivity index (χ2v) is 11.2. The Morgan fingerprint density at radius 3 is 1.57 bits per heavy atom. The summed E-state index contributed by atoms with van der Waals surface area (Å²) >= 11 is 5.12. The fraction of sp³-hybridized carbons (Fsp3) is 0.273. The maximum Gasteiger partial charge on any atom is 1.00 e. The van der Waals surface area contributed by atoms with Crippen LogP contribution in [0.2, 0.25) is 0 Å². The molecule has 0 fully saturated rings. The maximum atomic E-state index is 11.9. The summed E-state index contributed by atoms with van der Waals surface area (Å²) in [6.45, 7) is 7.01. The molecule has 37 heavy (non-hydrogen) atoms. The van der Waals surface area contributed by atoms with Crippen molar-refractivity contribution in [3.8, 4) is 0 Å². The van der Waals surface area contributed by atoms with Gasteiger partial charge in [-0.1, -0.05) is 38.1 Å². The Labute approximate surface area is 267 Å². The Morgan fingerprint density at radius 1 is 0.811 bits per heavy atom. The number of hydrogen-bond donors (Lipinski definition) is 3. The summed E-state index contributed by atoms with van der Waals surface area (Å²) < 4.78 is 71.0. The van der Waals surface area contributed by atoms with Crippen LogP contribution >= 0.6 is 12.2 Å². The van der Waals surface area contributed by atoms with Crippen molar-refractivity contribution in [1.29, 1.82) is 0 Å². The van der Waals surface area contributed by atoms with E-state index in [-0.39, 0.29) is 105 Å². The van der Waals surface area contributed by atoms with Crippen LogP contribution in [0, 0.1) is 5.92 Å². The predicted octanol–water partition coefficient (Wildman–Crippen LogP) is -3.04. The van der Waals surface area contributed by atoms with Gasteiger partial charge in [-0.25, -0.2) is 16.8 Å². The third-order valence-corrected chi connectivity index (χ3v) is 6.48. The molecule has 0 aliphatic carbocycles. The molecule has 3 N–H and O–H groups in total. The second-order valence-electron chi connectivity index (χ2n) is 8.14. The standard InChI is InChI=1S/C22H27N3O7S3.2Na/c1-13(2)21(26)24-17-9-7-15(19(11-17)34(27,28)29)5-6-16-8-10-18(12-20(16)35(30,31)32)25-22(33)23-14(3)4;;/h5-14H,1-4H3,(H,24,26)(H2,23,25,33)(H,27,28,29)(H,30,31,32);;/q;2*+1/p-2/b6-5+;;. The van der Waals surface area contributed by atoms with E-state index in [0.29, 0.717) is 0 Å². The molecule has 2 aromatic carbocycles. The van der Waals surface area contributed by atoms with Gasteiger partial charge >= 0.3 is 59.1 Å². The van der Waals surface area contributed by atoms with E-state index in [4.69, 9.17) is 12.2 Å². The average Bonchev–Trinajstić information content (AvgIpc) is 2.71. The van der Waals surface area contributed by atoms with Gasteiger partial charge in [-0.2, -0.15) is 0 Å². The number of amides is 1. The molecule has 0 aromatic heterocycles. The van der Waals surface area contributed by atoms with Crippen molar-refractivity contribution in [3.63, 3.8) is 0 Å². The van der Waals surface area contributed by atoms with Crippen LogP contribution in [0.25, 0.3) is 12.2 Å². The Hall–Kier alpha value is -0.840. The molecule has 0 saturated carbocycles. The molecular weight excluding hydrogens is 560 g/mol. The first-order valence-electron chi connectivity index (χ1n) is 10.3. The first-order chi connectivity index (χ1) is 16.1. The molecule has 190 valence electrons. The van der Waals surface area contributed by atoms with Gasteiger partial charge in [-0.05, 0) is 61.5 Å². The van der Waals surface area contributed by atoms with Crippen LogP contribution in [0.5, 0.6) is 0 Å². The second kappa shape index (κ2) is 15.1. The molecule has 2 rings (SSSR count). The molecule has 0 aliphatic rings. The van der Waals surface area contributed by atoms with Gasteiger partial charge in [0.15, 0.2) is 5.11 Å². The van der Waals surface area contributed by atoms with Gasteiger partial charge in [0.1, 0.15) is 20.2 Å². The van der Waals surface area contributed by atoms with Gasteiger partial charge in [0.25, 0.3) is 0 Å². The summed E-state index contributed by atoms with van der Waals surface area (Å²) in [6, 6.07) is 7.65. The topological polar surface area (TPSA) is 168 Å². The molecule has 10 nitrogen and oxygen atoms in total. The summed E-state index contributed by atoms with van der Waals surface area (Å²) in [7, 11) is -9.87. The van der Waals surface area contributed by atoms with Gasteiger partial charge in [-0.15, -0.1) is 0 Å². The number of rotatable bonds is 8. The summed E-state index contributed by atoms with van der Waals surface area (Å²) in [6.07, 6.45) is 2.40. The van der Waals surface area contributed by atoms with Crippen molar-refractivity contribution in [3.05, 3.63) is 47.5 Å². The van der Waals surface area contributed by atoms with Crippen molar-refractivity contribution in [1.82, 2.24) is 5.32 Å². The SMILES string of the molecule is CC(C)NC(=S)Nc1ccc(/C=C/c2ccc(NC(=O)C(C)C)cc2S(=O)(=O)[O-])c(S(=O)(=O)[O-])c1.[Na+].[Na+]. The molecule has 0 aliphatic heterocycles. The van der Waals surface area contributed by atoms with Crippen molar-refractivity contribution in [2.75, 3.05) is 10.6 Å². The third kappa shape index (κ3) is 11.4. The Balaban J connectivity index is 0.00000648. The van der Waals surface area contributed by atoms with Crippen molar-refractivity contribution in [2.45, 2.75) is 43.5 Å². The minimum atomic E-state index is -4.95. The molecule has 0 radical (unpaired) electrons. The molecule has 15 heteroatoms. The first kappa shape index (κ1) is 36.2. The van der Waals surface area contributed by atoms with E-state index < -0.39 is 30.0 Å². The zero-order valence-electron chi connectivity index (χ0n) is 21.4. The molecule has 1 amide bonds. The van der Waals surface area contributed by atoms with E-state index in [9.17, 15) is 30.7 Å². The predicted molar refractivity (Wildman–Crippen MR) is 136 cm³/mol. The normalized spacial score (nSPS) is 11.6. The largest absolute Gasteiger partial charge is 1.00 e. The van der Waals surface area contributed by atoms with Gasteiger partial charge in [-0.3, -0.25) is 4.79 Å². The van der Waals surface area contributed by atoms with Crippen LogP contribution in [0.15, 0.2) is 46.2 Å². The number of carbonyl (C=O) groups is 1. The van der Waals surface area contributed by atoms with Crippen LogP contribution in [-0.4, -0.2) is 43.0 Å². The fourth-order valence-electron chi connectivity index (χ4n) is 2.83. The van der Waals surface area contributed by atoms with E-state index in [1.807, 2.05) is 13.8 Å². The molecule has 0 unspecified atom stereocenters. The van der Waals surface area contributed by atoms with Gasteiger partial charge in [0, 0.05) is 23.3 Å². The first-order valence-corrected chi connectivity index (χ1v) is 13.6. The summed E-state index contributed by atoms with van der Waals surface area (Å²) in [5.74, 6) is -0.744. The number of carbonyl (C=O) groups excluding carboxylic acids is 1. The van der Waals surface area contributed by atoms with E-state index in [2.05, 4.69) is 16.0 Å². The van der Waals surface area contributed by atoms with Crippen molar-refractivity contribution >= 4 is 67.0 Å². The molecule has 0 bridgehead atoms. The summed E-state index contributed by atoms with van der Waals surface area (Å²) in [5.41, 5.74) is 0.281.